The van der Waals surface area contributed by atoms with E-state index < -0.39 is 29.9 Å². The maximum absolute atomic E-state index is 13.0. The number of nitrogens with two attached hydrogens (primary N) is 4. The first-order valence-electron chi connectivity index (χ1n) is 7.28. The minimum atomic E-state index is -3.15. The second kappa shape index (κ2) is 10.5. The highest BCUT2D eigenvalue weighted by atomic mass is 19.3. The summed E-state index contributed by atoms with van der Waals surface area (Å²) in [7, 11) is 0. The number of hydrogen-bond acceptors (Lipinski definition) is 7. The quantitative estimate of drug-likeness (QED) is 0.230. The van der Waals surface area contributed by atoms with Crippen molar-refractivity contribution in [2.24, 2.45) is 22.9 Å². The Balaban J connectivity index is 4.58. The van der Waals surface area contributed by atoms with Crippen LogP contribution in [0.2, 0.25) is 0 Å². The molecule has 0 spiro atoms. The van der Waals surface area contributed by atoms with Gasteiger partial charge in [0.25, 0.3) is 6.43 Å². The normalized spacial score (nSPS) is 15.4. The van der Waals surface area contributed by atoms with E-state index in [1.54, 1.807) is 0 Å². The summed E-state index contributed by atoms with van der Waals surface area (Å²) in [4.78, 5) is 23.4. The molecule has 22 heavy (non-hydrogen) atoms. The molecule has 0 aliphatic rings. The van der Waals surface area contributed by atoms with Crippen LogP contribution in [-0.4, -0.2) is 43.0 Å². The predicted molar refractivity (Wildman–Crippen MR) is 77.8 cm³/mol. The van der Waals surface area contributed by atoms with Crippen molar-refractivity contribution in [3.63, 3.8) is 0 Å². The number of carbonyl (C=O) groups is 2. The summed E-state index contributed by atoms with van der Waals surface area (Å²) >= 11 is 0. The van der Waals surface area contributed by atoms with Crippen LogP contribution in [0.25, 0.3) is 0 Å². The third-order valence-electron chi connectivity index (χ3n) is 3.28. The van der Waals surface area contributed by atoms with E-state index >= 15 is 0 Å². The lowest BCUT2D eigenvalue weighted by atomic mass is 9.94. The standard InChI is InChI=1S/C13H26F2N4O3/c14-11(15)13(19,6-2-4-8-17)12(21)22-10(20)9(18)5-1-3-7-16/h9,11H,1-8,16-19H2/t9-,13+/m0/s1. The molecule has 0 fully saturated rings. The number of esters is 2. The van der Waals surface area contributed by atoms with E-state index in [2.05, 4.69) is 4.74 Å². The van der Waals surface area contributed by atoms with Crippen LogP contribution >= 0.6 is 0 Å². The van der Waals surface area contributed by atoms with Crippen LogP contribution in [0, 0.1) is 0 Å². The van der Waals surface area contributed by atoms with Crippen molar-refractivity contribution in [1.82, 2.24) is 0 Å². The van der Waals surface area contributed by atoms with Crippen molar-refractivity contribution >= 4 is 11.9 Å². The zero-order chi connectivity index (χ0) is 17.2. The molecule has 9 heteroatoms. The van der Waals surface area contributed by atoms with Crippen molar-refractivity contribution in [2.75, 3.05) is 13.1 Å². The van der Waals surface area contributed by atoms with Crippen LogP contribution in [0.1, 0.15) is 38.5 Å². The van der Waals surface area contributed by atoms with Gasteiger partial charge in [0.15, 0.2) is 5.54 Å². The lowest BCUT2D eigenvalue weighted by Crippen LogP contribution is -2.56. The lowest BCUT2D eigenvalue weighted by molar-refractivity contribution is -0.169. The SMILES string of the molecule is NCCCC[C@H](N)C(=O)OC(=O)[C@@](N)(CCCCN)C(F)F. The number of alkyl halides is 2. The van der Waals surface area contributed by atoms with Gasteiger partial charge in [0.05, 0.1) is 0 Å². The predicted octanol–water partition coefficient (Wildman–Crippen LogP) is -0.396. The summed E-state index contributed by atoms with van der Waals surface area (Å²) in [6, 6.07) is -1.07. The molecule has 0 radical (unpaired) electrons. The molecule has 0 unspecified atom stereocenters. The van der Waals surface area contributed by atoms with Crippen LogP contribution in [0.4, 0.5) is 8.78 Å². The van der Waals surface area contributed by atoms with E-state index in [4.69, 9.17) is 22.9 Å². The Morgan fingerprint density at radius 2 is 1.59 bits per heavy atom. The number of rotatable bonds is 11. The summed E-state index contributed by atoms with van der Waals surface area (Å²) in [6.07, 6.45) is -1.33. The van der Waals surface area contributed by atoms with Gasteiger partial charge in [-0.15, -0.1) is 0 Å². The first-order valence-corrected chi connectivity index (χ1v) is 7.28. The van der Waals surface area contributed by atoms with Gasteiger partial charge >= 0.3 is 11.9 Å². The van der Waals surface area contributed by atoms with Crippen LogP contribution in [0.3, 0.4) is 0 Å². The summed E-state index contributed by atoms with van der Waals surface area (Å²) in [5.74, 6) is -2.52. The third kappa shape index (κ3) is 6.73. The number of carbonyl (C=O) groups excluding carboxylic acids is 2. The molecule has 0 bridgehead atoms. The van der Waals surface area contributed by atoms with Crippen LogP contribution in [-0.2, 0) is 14.3 Å². The van der Waals surface area contributed by atoms with Crippen molar-refractivity contribution < 1.29 is 23.1 Å². The molecule has 0 aliphatic carbocycles. The Kier molecular flexibility index (Phi) is 9.99. The second-order valence-corrected chi connectivity index (χ2v) is 5.19. The molecule has 0 heterocycles. The Morgan fingerprint density at radius 3 is 2.09 bits per heavy atom. The zero-order valence-electron chi connectivity index (χ0n) is 12.6. The summed E-state index contributed by atoms with van der Waals surface area (Å²) in [6.45, 7) is 0.735. The van der Waals surface area contributed by atoms with Crippen LogP contribution in [0.5, 0.6) is 0 Å². The molecule has 0 amide bonds. The van der Waals surface area contributed by atoms with Gasteiger partial charge in [0, 0.05) is 0 Å². The molecule has 0 saturated carbocycles. The highest BCUT2D eigenvalue weighted by molar-refractivity contribution is 5.93. The third-order valence-corrected chi connectivity index (χ3v) is 3.28. The Hall–Kier alpha value is -1.16. The van der Waals surface area contributed by atoms with Gasteiger partial charge in [0.1, 0.15) is 6.04 Å². The van der Waals surface area contributed by atoms with E-state index in [1.165, 1.54) is 0 Å². The van der Waals surface area contributed by atoms with Crippen molar-refractivity contribution in [3.05, 3.63) is 0 Å². The number of hydrogen-bond donors (Lipinski definition) is 4. The van der Waals surface area contributed by atoms with Gasteiger partial charge in [0.2, 0.25) is 0 Å². The lowest BCUT2D eigenvalue weighted by Gasteiger charge is -2.26. The number of unbranched alkanes of at least 4 members (excludes halogenated alkanes) is 2. The van der Waals surface area contributed by atoms with Crippen molar-refractivity contribution in [3.8, 4) is 0 Å². The molecule has 0 aromatic carbocycles. The molecule has 130 valence electrons. The fraction of sp³-hybridized carbons (Fsp3) is 0.846. The summed E-state index contributed by atoms with van der Waals surface area (Å²) < 4.78 is 30.5. The molecule has 0 rings (SSSR count). The number of halogens is 2. The first kappa shape index (κ1) is 20.8. The van der Waals surface area contributed by atoms with Crippen molar-refractivity contribution in [1.29, 1.82) is 0 Å². The molecule has 8 N–H and O–H groups in total. The van der Waals surface area contributed by atoms with Gasteiger partial charge < -0.3 is 27.7 Å². The van der Waals surface area contributed by atoms with E-state index in [-0.39, 0.29) is 19.3 Å². The average molecular weight is 324 g/mol. The fourth-order valence-electron chi connectivity index (χ4n) is 1.75. The van der Waals surface area contributed by atoms with E-state index in [0.717, 1.165) is 0 Å². The molecule has 0 saturated heterocycles. The van der Waals surface area contributed by atoms with Crippen LogP contribution < -0.4 is 22.9 Å². The Morgan fingerprint density at radius 1 is 1.05 bits per heavy atom. The highest BCUT2D eigenvalue weighted by Crippen LogP contribution is 2.22. The van der Waals surface area contributed by atoms with E-state index in [0.29, 0.717) is 32.4 Å². The average Bonchev–Trinajstić information content (AvgIpc) is 2.46. The highest BCUT2D eigenvalue weighted by Gasteiger charge is 2.45. The minimum Gasteiger partial charge on any atom is -0.390 e. The molecule has 0 aromatic rings. The van der Waals surface area contributed by atoms with Gasteiger partial charge in [-0.1, -0.05) is 6.42 Å². The smallest absolute Gasteiger partial charge is 0.339 e. The fourth-order valence-corrected chi connectivity index (χ4v) is 1.75. The summed E-state index contributed by atoms with van der Waals surface area (Å²) in [5, 5.41) is 0. The van der Waals surface area contributed by atoms with E-state index in [1.807, 2.05) is 0 Å². The van der Waals surface area contributed by atoms with Gasteiger partial charge in [-0.05, 0) is 45.2 Å². The largest absolute Gasteiger partial charge is 0.390 e. The van der Waals surface area contributed by atoms with Crippen LogP contribution in [0.15, 0.2) is 0 Å². The topological polar surface area (TPSA) is 147 Å². The molecule has 2 atom stereocenters. The van der Waals surface area contributed by atoms with Crippen molar-refractivity contribution in [2.45, 2.75) is 56.5 Å². The second-order valence-electron chi connectivity index (χ2n) is 5.19. The van der Waals surface area contributed by atoms with Gasteiger partial charge in [-0.2, -0.15) is 0 Å². The van der Waals surface area contributed by atoms with Gasteiger partial charge in [-0.3, -0.25) is 0 Å². The van der Waals surface area contributed by atoms with Gasteiger partial charge in [-0.25, -0.2) is 18.4 Å². The maximum atomic E-state index is 13.0. The van der Waals surface area contributed by atoms with E-state index in [9.17, 15) is 18.4 Å². The monoisotopic (exact) mass is 324 g/mol. The maximum Gasteiger partial charge on any atom is 0.339 e. The number of ether oxygens (including phenoxy) is 1. The Bertz CT molecular complexity index is 358. The molecule has 7 nitrogen and oxygen atoms in total. The molecular formula is C13H26F2N4O3. The molecule has 0 aromatic heterocycles. The summed E-state index contributed by atoms with van der Waals surface area (Å²) in [5.41, 5.74) is 19.0. The zero-order valence-corrected chi connectivity index (χ0v) is 12.6. The minimum absolute atomic E-state index is 0.225. The first-order chi connectivity index (χ1) is 10.3. The molecule has 0 aliphatic heterocycles. The molecular weight excluding hydrogens is 298 g/mol. The Labute approximate surface area is 128 Å².